The lowest BCUT2D eigenvalue weighted by molar-refractivity contribution is -0.134. The quantitative estimate of drug-likeness (QED) is 0.278. The molecule has 2 N–H and O–H groups in total. The highest BCUT2D eigenvalue weighted by atomic mass is 19.1. The van der Waals surface area contributed by atoms with Crippen LogP contribution in [0.15, 0.2) is 79.3 Å². The van der Waals surface area contributed by atoms with Crippen molar-refractivity contribution in [2.75, 3.05) is 49.5 Å². The lowest BCUT2D eigenvalue weighted by atomic mass is 10.1. The van der Waals surface area contributed by atoms with Crippen LogP contribution >= 0.6 is 0 Å². The van der Waals surface area contributed by atoms with Crippen molar-refractivity contribution in [1.29, 1.82) is 0 Å². The Labute approximate surface area is 265 Å². The summed E-state index contributed by atoms with van der Waals surface area (Å²) in [7, 11) is 0. The first kappa shape index (κ1) is 29.5. The van der Waals surface area contributed by atoms with Gasteiger partial charge in [-0.15, -0.1) is 0 Å². The fraction of sp³-hybridized carbons (Fsp3) is 0.294. The van der Waals surface area contributed by atoms with Gasteiger partial charge in [-0.2, -0.15) is 5.10 Å². The van der Waals surface area contributed by atoms with Crippen molar-refractivity contribution in [3.05, 3.63) is 85.1 Å². The number of benzene rings is 2. The number of fused-ring (bicyclic) bond motifs is 1. The summed E-state index contributed by atoms with van der Waals surface area (Å²) >= 11 is 0. The van der Waals surface area contributed by atoms with Gasteiger partial charge in [0.25, 0.3) is 0 Å². The molecule has 0 aliphatic carbocycles. The summed E-state index contributed by atoms with van der Waals surface area (Å²) in [6, 6.07) is 17.6. The Hall–Kier alpha value is -5.23. The lowest BCUT2D eigenvalue weighted by Gasteiger charge is -2.41. The third-order valence-corrected chi connectivity index (χ3v) is 8.79. The van der Waals surface area contributed by atoms with E-state index in [0.717, 1.165) is 33.5 Å². The average molecular weight is 620 g/mol. The topological polar surface area (TPSA) is 123 Å². The van der Waals surface area contributed by atoms with Gasteiger partial charge in [0.1, 0.15) is 11.6 Å². The summed E-state index contributed by atoms with van der Waals surface area (Å²) < 4.78 is 13.4. The summed E-state index contributed by atoms with van der Waals surface area (Å²) in [6.07, 6.45) is 5.90. The Kier molecular flexibility index (Phi) is 8.10. The van der Waals surface area contributed by atoms with Crippen molar-refractivity contribution in [1.82, 2.24) is 34.9 Å². The van der Waals surface area contributed by atoms with E-state index in [1.54, 1.807) is 36.8 Å². The molecule has 2 aromatic carbocycles. The largest absolute Gasteiger partial charge is 0.353 e. The minimum atomic E-state index is -0.299. The Bertz CT molecular complexity index is 1850. The third kappa shape index (κ3) is 6.16. The molecule has 7 rings (SSSR count). The lowest BCUT2D eigenvalue weighted by Crippen LogP contribution is -2.56. The molecule has 2 saturated heterocycles. The smallest absolute Gasteiger partial charge is 0.237 e. The second kappa shape index (κ2) is 12.6. The number of piperazine rings is 1. The number of rotatable bonds is 7. The number of carbonyl (C=O) groups excluding carboxylic acids is 2. The molecule has 46 heavy (non-hydrogen) atoms. The summed E-state index contributed by atoms with van der Waals surface area (Å²) in [5, 5.41) is 11.3. The van der Waals surface area contributed by atoms with Crippen molar-refractivity contribution in [3.63, 3.8) is 0 Å². The number of hydrogen-bond donors (Lipinski definition) is 2. The Morgan fingerprint density at radius 3 is 2.52 bits per heavy atom. The van der Waals surface area contributed by atoms with E-state index < -0.39 is 0 Å². The minimum absolute atomic E-state index is 0.0304. The molecule has 2 atom stereocenters. The van der Waals surface area contributed by atoms with E-state index in [0.29, 0.717) is 57.2 Å². The molecule has 234 valence electrons. The van der Waals surface area contributed by atoms with Crippen LogP contribution in [0.5, 0.6) is 0 Å². The fourth-order valence-corrected chi connectivity index (χ4v) is 6.33. The normalized spacial score (nSPS) is 18.7. The van der Waals surface area contributed by atoms with Gasteiger partial charge in [0.2, 0.25) is 11.8 Å². The molecule has 0 radical (unpaired) electrons. The monoisotopic (exact) mass is 619 g/mol. The van der Waals surface area contributed by atoms with Crippen molar-refractivity contribution in [3.8, 4) is 22.6 Å². The van der Waals surface area contributed by atoms with Gasteiger partial charge in [-0.05, 0) is 80.6 Å². The van der Waals surface area contributed by atoms with Crippen LogP contribution in [0.25, 0.3) is 33.5 Å². The third-order valence-electron chi connectivity index (χ3n) is 8.79. The van der Waals surface area contributed by atoms with E-state index in [9.17, 15) is 14.0 Å². The zero-order chi connectivity index (χ0) is 31.6. The van der Waals surface area contributed by atoms with E-state index >= 15 is 0 Å². The predicted molar refractivity (Wildman–Crippen MR) is 173 cm³/mol. The first-order valence-electron chi connectivity index (χ1n) is 15.5. The summed E-state index contributed by atoms with van der Waals surface area (Å²) in [6.45, 7) is 5.59. The molecule has 2 aliphatic heterocycles. The molecular weight excluding hydrogens is 585 g/mol. The van der Waals surface area contributed by atoms with E-state index in [2.05, 4.69) is 47.2 Å². The zero-order valence-corrected chi connectivity index (χ0v) is 25.4. The van der Waals surface area contributed by atoms with Crippen LogP contribution in [-0.4, -0.2) is 92.1 Å². The molecule has 0 saturated carbocycles. The number of aromatic nitrogens is 5. The van der Waals surface area contributed by atoms with Gasteiger partial charge in [-0.25, -0.2) is 19.3 Å². The zero-order valence-electron chi connectivity index (χ0n) is 25.4. The van der Waals surface area contributed by atoms with Gasteiger partial charge in [0.15, 0.2) is 5.82 Å². The van der Waals surface area contributed by atoms with Gasteiger partial charge in [0.05, 0.1) is 23.7 Å². The molecule has 2 amide bonds. The van der Waals surface area contributed by atoms with Crippen LogP contribution in [0.4, 0.5) is 15.9 Å². The van der Waals surface area contributed by atoms with Crippen LogP contribution < -0.4 is 10.2 Å². The highest BCUT2D eigenvalue weighted by Crippen LogP contribution is 2.29. The first-order chi connectivity index (χ1) is 22.4. The average Bonchev–Trinajstić information content (AvgIpc) is 3.73. The second-order valence-corrected chi connectivity index (χ2v) is 11.9. The highest BCUT2D eigenvalue weighted by molar-refractivity contribution is 5.98. The SMILES string of the molecule is C[C@H]1CN(c2ccc(-c3ncccn3)cn2)CCN1C(=O)CN1CCC(C(=O)Nc2ccc3c(-c4ccc(F)cc4)n[nH]c3c2)C1. The molecule has 3 aromatic heterocycles. The Balaban J connectivity index is 0.903. The van der Waals surface area contributed by atoms with Crippen molar-refractivity contribution >= 4 is 34.2 Å². The van der Waals surface area contributed by atoms with Crippen molar-refractivity contribution in [2.45, 2.75) is 19.4 Å². The molecule has 5 heterocycles. The molecule has 11 nitrogen and oxygen atoms in total. The fourth-order valence-electron chi connectivity index (χ4n) is 6.33. The maximum Gasteiger partial charge on any atom is 0.237 e. The van der Waals surface area contributed by atoms with E-state index in [4.69, 9.17) is 0 Å². The van der Waals surface area contributed by atoms with Crippen LogP contribution in [0.3, 0.4) is 0 Å². The maximum absolute atomic E-state index is 13.4. The van der Waals surface area contributed by atoms with Gasteiger partial charge in [-0.3, -0.25) is 19.6 Å². The number of amides is 2. The van der Waals surface area contributed by atoms with E-state index in [1.807, 2.05) is 35.2 Å². The number of pyridine rings is 1. The Morgan fingerprint density at radius 1 is 0.957 bits per heavy atom. The number of aromatic amines is 1. The van der Waals surface area contributed by atoms with Crippen molar-refractivity contribution in [2.24, 2.45) is 5.92 Å². The molecule has 1 unspecified atom stereocenters. The first-order valence-corrected chi connectivity index (χ1v) is 15.5. The molecule has 5 aromatic rings. The van der Waals surface area contributed by atoms with Crippen LogP contribution in [0, 0.1) is 11.7 Å². The van der Waals surface area contributed by atoms with Crippen LogP contribution in [0.2, 0.25) is 0 Å². The molecule has 2 fully saturated rings. The molecular formula is C34H34FN9O2. The molecule has 12 heteroatoms. The predicted octanol–water partition coefficient (Wildman–Crippen LogP) is 4.22. The van der Waals surface area contributed by atoms with E-state index in [-0.39, 0.29) is 29.6 Å². The van der Waals surface area contributed by atoms with Crippen LogP contribution in [-0.2, 0) is 9.59 Å². The number of nitrogens with one attached hydrogen (secondary N) is 2. The Morgan fingerprint density at radius 2 is 1.76 bits per heavy atom. The number of likely N-dealkylation sites (tertiary alicyclic amines) is 1. The molecule has 0 spiro atoms. The number of carbonyl (C=O) groups is 2. The second-order valence-electron chi connectivity index (χ2n) is 11.9. The summed E-state index contributed by atoms with van der Waals surface area (Å²) in [4.78, 5) is 45.9. The highest BCUT2D eigenvalue weighted by Gasteiger charge is 2.33. The van der Waals surface area contributed by atoms with Gasteiger partial charge < -0.3 is 15.1 Å². The number of H-pyrrole nitrogens is 1. The summed E-state index contributed by atoms with van der Waals surface area (Å²) in [5.41, 5.74) is 3.84. The number of anilines is 2. The van der Waals surface area contributed by atoms with Crippen LogP contribution in [0.1, 0.15) is 13.3 Å². The standard InChI is InChI=1S/C34H34FN9O2/c1-22-19-43(30-10-5-24(18-38-30)33-36-12-2-13-37-33)15-16-44(22)31(45)21-42-14-11-25(20-42)34(46)39-27-8-9-28-29(17-27)40-41-32(28)23-3-6-26(35)7-4-23/h2-10,12-13,17-18,22,25H,11,14-16,19-21H2,1H3,(H,39,46)(H,40,41)/t22-,25?/m0/s1. The number of nitrogens with zero attached hydrogens (tertiary/aromatic N) is 7. The van der Waals surface area contributed by atoms with Gasteiger partial charge in [0, 0.05) is 73.0 Å². The van der Waals surface area contributed by atoms with Gasteiger partial charge >= 0.3 is 0 Å². The molecule has 2 aliphatic rings. The van der Waals surface area contributed by atoms with E-state index in [1.165, 1.54) is 12.1 Å². The number of halogens is 1. The molecule has 0 bridgehead atoms. The van der Waals surface area contributed by atoms with Crippen molar-refractivity contribution < 1.29 is 14.0 Å². The maximum atomic E-state index is 13.4. The summed E-state index contributed by atoms with van der Waals surface area (Å²) in [5.74, 6) is 1.02. The van der Waals surface area contributed by atoms with Gasteiger partial charge in [-0.1, -0.05) is 0 Å². The minimum Gasteiger partial charge on any atom is -0.353 e. The number of hydrogen-bond acceptors (Lipinski definition) is 8.